The molecule has 1 aliphatic heterocycles. The number of carboxylic acid groups (broad SMARTS) is 1. The van der Waals surface area contributed by atoms with Crippen LogP contribution in [-0.2, 0) is 16.0 Å². The van der Waals surface area contributed by atoms with Crippen molar-refractivity contribution in [2.45, 2.75) is 39.7 Å². The summed E-state index contributed by atoms with van der Waals surface area (Å²) in [5.41, 5.74) is 2.13. The van der Waals surface area contributed by atoms with Gasteiger partial charge in [-0.05, 0) is 36.0 Å². The Bertz CT molecular complexity index is 680. The van der Waals surface area contributed by atoms with Gasteiger partial charge in [0.1, 0.15) is 10.4 Å². The second kappa shape index (κ2) is 7.94. The molecule has 0 radical (unpaired) electrons. The maximum Gasteiger partial charge on any atom is 0.326 e. The molecular formula is C18H21NO3S2. The first kappa shape index (κ1) is 18.7. The second-order valence-electron chi connectivity index (χ2n) is 6.13. The minimum absolute atomic E-state index is 0.154. The molecular weight excluding hydrogens is 342 g/mol. The molecule has 1 unspecified atom stereocenters. The van der Waals surface area contributed by atoms with Crippen molar-refractivity contribution in [3.05, 3.63) is 40.3 Å². The van der Waals surface area contributed by atoms with Gasteiger partial charge in [-0.25, -0.2) is 4.79 Å². The van der Waals surface area contributed by atoms with Gasteiger partial charge in [0.05, 0.1) is 4.91 Å². The van der Waals surface area contributed by atoms with E-state index >= 15 is 0 Å². The van der Waals surface area contributed by atoms with Crippen LogP contribution in [0.25, 0.3) is 6.08 Å². The SMILES string of the molecule is CCc1ccc(/C=C2\SC(=S)N(C(CC(C)C)C(=O)O)C2=O)cc1. The van der Waals surface area contributed by atoms with Crippen molar-refractivity contribution in [3.63, 3.8) is 0 Å². The van der Waals surface area contributed by atoms with E-state index < -0.39 is 12.0 Å². The van der Waals surface area contributed by atoms with Gasteiger partial charge in [-0.15, -0.1) is 0 Å². The highest BCUT2D eigenvalue weighted by Gasteiger charge is 2.40. The van der Waals surface area contributed by atoms with Crippen LogP contribution in [0.5, 0.6) is 0 Å². The zero-order valence-electron chi connectivity index (χ0n) is 14.0. The number of carbonyl (C=O) groups is 2. The number of carboxylic acids is 1. The summed E-state index contributed by atoms with van der Waals surface area (Å²) < 4.78 is 0.310. The number of hydrogen-bond donors (Lipinski definition) is 1. The number of nitrogens with zero attached hydrogens (tertiary/aromatic N) is 1. The van der Waals surface area contributed by atoms with Gasteiger partial charge < -0.3 is 5.11 Å². The maximum atomic E-state index is 12.7. The number of thiocarbonyl (C=S) groups is 1. The summed E-state index contributed by atoms with van der Waals surface area (Å²) in [5, 5.41) is 9.47. The largest absolute Gasteiger partial charge is 0.480 e. The van der Waals surface area contributed by atoms with Crippen LogP contribution in [-0.4, -0.2) is 32.2 Å². The van der Waals surface area contributed by atoms with Crippen molar-refractivity contribution in [2.24, 2.45) is 5.92 Å². The molecule has 24 heavy (non-hydrogen) atoms. The summed E-state index contributed by atoms with van der Waals surface area (Å²) >= 11 is 6.43. The minimum atomic E-state index is -1.02. The number of rotatable bonds is 6. The highest BCUT2D eigenvalue weighted by atomic mass is 32.2. The topological polar surface area (TPSA) is 57.6 Å². The highest BCUT2D eigenvalue weighted by Crippen LogP contribution is 2.35. The van der Waals surface area contributed by atoms with Crippen molar-refractivity contribution < 1.29 is 14.7 Å². The average Bonchev–Trinajstić information content (AvgIpc) is 2.79. The number of carbonyl (C=O) groups excluding carboxylic acids is 1. The fraction of sp³-hybridized carbons (Fsp3) is 0.389. The van der Waals surface area contributed by atoms with Crippen molar-refractivity contribution in [3.8, 4) is 0 Å². The van der Waals surface area contributed by atoms with Crippen molar-refractivity contribution >= 4 is 46.3 Å². The summed E-state index contributed by atoms with van der Waals surface area (Å²) in [7, 11) is 0. The molecule has 0 aliphatic carbocycles. The third kappa shape index (κ3) is 4.24. The number of amides is 1. The van der Waals surface area contributed by atoms with Gasteiger partial charge in [-0.3, -0.25) is 9.69 Å². The Morgan fingerprint density at radius 3 is 2.46 bits per heavy atom. The normalized spacial score (nSPS) is 17.8. The Kier molecular flexibility index (Phi) is 6.18. The predicted molar refractivity (Wildman–Crippen MR) is 102 cm³/mol. The Balaban J connectivity index is 2.26. The van der Waals surface area contributed by atoms with E-state index in [9.17, 15) is 14.7 Å². The molecule has 128 valence electrons. The van der Waals surface area contributed by atoms with E-state index in [1.807, 2.05) is 38.1 Å². The summed E-state index contributed by atoms with van der Waals surface area (Å²) in [6.45, 7) is 5.94. The Morgan fingerprint density at radius 1 is 1.33 bits per heavy atom. The predicted octanol–water partition coefficient (Wildman–Crippen LogP) is 3.95. The van der Waals surface area contributed by atoms with Crippen molar-refractivity contribution in [1.82, 2.24) is 4.90 Å². The molecule has 1 heterocycles. The highest BCUT2D eigenvalue weighted by molar-refractivity contribution is 8.26. The lowest BCUT2D eigenvalue weighted by Crippen LogP contribution is -2.44. The summed E-state index contributed by atoms with van der Waals surface area (Å²) in [4.78, 5) is 25.9. The molecule has 4 nitrogen and oxygen atoms in total. The standard InChI is InChI=1S/C18H21NO3S2/c1-4-12-5-7-13(8-6-12)10-15-16(20)19(18(23)24-15)14(17(21)22)9-11(2)3/h5-8,10-11,14H,4,9H2,1-3H3,(H,21,22)/b15-10-. The molecule has 1 aliphatic rings. The van der Waals surface area contributed by atoms with Crippen molar-refractivity contribution in [1.29, 1.82) is 0 Å². The van der Waals surface area contributed by atoms with Crippen LogP contribution in [0.4, 0.5) is 0 Å². The van der Waals surface area contributed by atoms with Crippen LogP contribution in [0, 0.1) is 5.92 Å². The lowest BCUT2D eigenvalue weighted by Gasteiger charge is -2.24. The third-order valence-corrected chi connectivity index (χ3v) is 5.13. The van der Waals surface area contributed by atoms with E-state index in [1.165, 1.54) is 10.5 Å². The molecule has 0 spiro atoms. The van der Waals surface area contributed by atoms with Gasteiger partial charge in [-0.1, -0.05) is 69.0 Å². The van der Waals surface area contributed by atoms with Crippen LogP contribution >= 0.6 is 24.0 Å². The van der Waals surface area contributed by atoms with E-state index in [0.29, 0.717) is 15.6 Å². The first-order valence-corrected chi connectivity index (χ1v) is 9.14. The first-order chi connectivity index (χ1) is 11.3. The summed E-state index contributed by atoms with van der Waals surface area (Å²) in [5.74, 6) is -1.19. The molecule has 1 aromatic carbocycles. The Labute approximate surface area is 151 Å². The van der Waals surface area contributed by atoms with E-state index in [-0.39, 0.29) is 11.8 Å². The molecule has 1 fully saturated rings. The van der Waals surface area contributed by atoms with E-state index in [4.69, 9.17) is 12.2 Å². The van der Waals surface area contributed by atoms with Gasteiger partial charge in [0.25, 0.3) is 5.91 Å². The molecule has 1 atom stereocenters. The van der Waals surface area contributed by atoms with Gasteiger partial charge in [-0.2, -0.15) is 0 Å². The molecule has 0 aromatic heterocycles. The lowest BCUT2D eigenvalue weighted by atomic mass is 10.0. The molecule has 0 saturated carbocycles. The second-order valence-corrected chi connectivity index (χ2v) is 7.81. The number of benzene rings is 1. The molecule has 0 bridgehead atoms. The number of aryl methyl sites for hydroxylation is 1. The molecule has 1 saturated heterocycles. The number of thioether (sulfide) groups is 1. The Morgan fingerprint density at radius 2 is 1.96 bits per heavy atom. The smallest absolute Gasteiger partial charge is 0.326 e. The van der Waals surface area contributed by atoms with Crippen LogP contribution in [0.2, 0.25) is 0 Å². The number of hydrogen-bond acceptors (Lipinski definition) is 4. The van der Waals surface area contributed by atoms with Gasteiger partial charge in [0, 0.05) is 0 Å². The minimum Gasteiger partial charge on any atom is -0.480 e. The van der Waals surface area contributed by atoms with E-state index in [1.54, 1.807) is 6.08 Å². The van der Waals surface area contributed by atoms with Gasteiger partial charge in [0.15, 0.2) is 0 Å². The molecule has 1 aromatic rings. The van der Waals surface area contributed by atoms with E-state index in [2.05, 4.69) is 6.92 Å². The average molecular weight is 364 g/mol. The molecule has 6 heteroatoms. The zero-order valence-corrected chi connectivity index (χ0v) is 15.6. The summed E-state index contributed by atoms with van der Waals surface area (Å²) in [6.07, 6.45) is 3.10. The molecule has 2 rings (SSSR count). The van der Waals surface area contributed by atoms with E-state index in [0.717, 1.165) is 23.7 Å². The van der Waals surface area contributed by atoms with Crippen LogP contribution in [0.3, 0.4) is 0 Å². The van der Waals surface area contributed by atoms with Crippen molar-refractivity contribution in [2.75, 3.05) is 0 Å². The number of aliphatic carboxylic acids is 1. The zero-order chi connectivity index (χ0) is 17.9. The maximum absolute atomic E-state index is 12.7. The van der Waals surface area contributed by atoms with Gasteiger partial charge in [0.2, 0.25) is 0 Å². The Hall–Kier alpha value is -1.66. The van der Waals surface area contributed by atoms with Crippen LogP contribution in [0.1, 0.15) is 38.3 Å². The third-order valence-electron chi connectivity index (χ3n) is 3.80. The quantitative estimate of drug-likeness (QED) is 0.613. The fourth-order valence-electron chi connectivity index (χ4n) is 2.51. The fourth-order valence-corrected chi connectivity index (χ4v) is 3.87. The lowest BCUT2D eigenvalue weighted by molar-refractivity contribution is -0.145. The molecule has 1 N–H and O–H groups in total. The monoisotopic (exact) mass is 363 g/mol. The van der Waals surface area contributed by atoms with Crippen LogP contribution in [0.15, 0.2) is 29.2 Å². The first-order valence-electron chi connectivity index (χ1n) is 7.92. The van der Waals surface area contributed by atoms with Crippen LogP contribution < -0.4 is 0 Å². The summed E-state index contributed by atoms with van der Waals surface area (Å²) in [6, 6.07) is 7.03. The molecule has 1 amide bonds. The van der Waals surface area contributed by atoms with Gasteiger partial charge >= 0.3 is 5.97 Å².